The summed E-state index contributed by atoms with van der Waals surface area (Å²) < 4.78 is 53.0. The Balaban J connectivity index is 2.24. The zero-order valence-corrected chi connectivity index (χ0v) is 22.0. The lowest BCUT2D eigenvalue weighted by molar-refractivity contribution is -0.0604. The number of hydrogen-bond donors (Lipinski definition) is 6. The van der Waals surface area contributed by atoms with Crippen LogP contribution in [0, 0.1) is 11.8 Å². The SMILES string of the molecule is CC(C)=NO[C@@H]1C[C@H](n2cc(C#CCCO)c(N)nc2=O)OC1COP(=O)(O)OP(=O)(O)OP(=O)(O)O. The summed E-state index contributed by atoms with van der Waals surface area (Å²) in [6.07, 6.45) is -1.94. The molecule has 208 valence electrons. The molecule has 0 aliphatic carbocycles. The maximum atomic E-state index is 12.4. The van der Waals surface area contributed by atoms with Gasteiger partial charge in [0.05, 0.1) is 24.5 Å². The highest BCUT2D eigenvalue weighted by Gasteiger charge is 2.44. The third kappa shape index (κ3) is 10.4. The van der Waals surface area contributed by atoms with Gasteiger partial charge in [0.2, 0.25) is 0 Å². The quantitative estimate of drug-likeness (QED) is 0.0854. The first-order valence-corrected chi connectivity index (χ1v) is 14.6. The third-order valence-electron chi connectivity index (χ3n) is 4.12. The normalized spacial score (nSPS) is 22.8. The molecule has 2 heterocycles. The Morgan fingerprint density at radius 2 is 1.92 bits per heavy atom. The summed E-state index contributed by atoms with van der Waals surface area (Å²) in [5.74, 6) is 5.13. The zero-order chi connectivity index (χ0) is 28.0. The van der Waals surface area contributed by atoms with E-state index in [1.54, 1.807) is 13.8 Å². The molecule has 3 unspecified atom stereocenters. The van der Waals surface area contributed by atoms with Crippen LogP contribution < -0.4 is 11.4 Å². The Labute approximate surface area is 209 Å². The van der Waals surface area contributed by atoms with Crippen molar-refractivity contribution in [3.05, 3.63) is 22.2 Å². The highest BCUT2D eigenvalue weighted by molar-refractivity contribution is 7.66. The molecule has 0 spiro atoms. The number of aliphatic hydroxyl groups excluding tert-OH is 1. The van der Waals surface area contributed by atoms with Crippen molar-refractivity contribution in [3.63, 3.8) is 0 Å². The van der Waals surface area contributed by atoms with Crippen LogP contribution in [0.4, 0.5) is 5.82 Å². The van der Waals surface area contributed by atoms with Crippen LogP contribution in [-0.4, -0.2) is 65.4 Å². The first-order valence-electron chi connectivity index (χ1n) is 10.1. The van der Waals surface area contributed by atoms with E-state index >= 15 is 0 Å². The van der Waals surface area contributed by atoms with Gasteiger partial charge in [-0.2, -0.15) is 13.6 Å². The Hall–Kier alpha value is -1.96. The molecule has 5 atom stereocenters. The van der Waals surface area contributed by atoms with Gasteiger partial charge in [0.25, 0.3) is 0 Å². The Morgan fingerprint density at radius 3 is 2.51 bits per heavy atom. The highest BCUT2D eigenvalue weighted by Crippen LogP contribution is 2.66. The lowest BCUT2D eigenvalue weighted by Crippen LogP contribution is -2.29. The number of phosphoric acid groups is 3. The summed E-state index contributed by atoms with van der Waals surface area (Å²) in [6, 6.07) is 0. The van der Waals surface area contributed by atoms with Gasteiger partial charge in [-0.25, -0.2) is 18.5 Å². The van der Waals surface area contributed by atoms with E-state index in [1.165, 1.54) is 6.20 Å². The number of phosphoric ester groups is 1. The van der Waals surface area contributed by atoms with Crippen molar-refractivity contribution < 1.29 is 61.1 Å². The second-order valence-corrected chi connectivity index (χ2v) is 11.9. The van der Waals surface area contributed by atoms with Gasteiger partial charge in [0.1, 0.15) is 18.1 Å². The highest BCUT2D eigenvalue weighted by atomic mass is 31.3. The van der Waals surface area contributed by atoms with Gasteiger partial charge in [0, 0.05) is 19.0 Å². The number of anilines is 1. The molecule has 18 nitrogen and oxygen atoms in total. The van der Waals surface area contributed by atoms with Gasteiger partial charge < -0.3 is 40.0 Å². The van der Waals surface area contributed by atoms with Crippen LogP contribution in [0.5, 0.6) is 0 Å². The minimum atomic E-state index is -5.72. The molecule has 1 aromatic heterocycles. The predicted octanol–water partition coefficient (Wildman–Crippen LogP) is -0.0288. The molecule has 0 saturated carbocycles. The smallest absolute Gasteiger partial charge is 0.395 e. The number of oxime groups is 1. The van der Waals surface area contributed by atoms with Crippen molar-refractivity contribution >= 4 is 35.0 Å². The molecule has 0 radical (unpaired) electrons. The number of rotatable bonds is 11. The Bertz CT molecular complexity index is 1260. The van der Waals surface area contributed by atoms with Crippen molar-refractivity contribution in [2.45, 2.75) is 45.1 Å². The molecular formula is C16H25N4O14P3. The van der Waals surface area contributed by atoms with Crippen molar-refractivity contribution in [1.82, 2.24) is 9.55 Å². The van der Waals surface area contributed by atoms with Crippen LogP contribution in [0.15, 0.2) is 16.1 Å². The summed E-state index contributed by atoms with van der Waals surface area (Å²) in [7, 11) is -16.7. The fraction of sp³-hybridized carbons (Fsp3) is 0.562. The van der Waals surface area contributed by atoms with Gasteiger partial charge in [-0.05, 0) is 13.8 Å². The molecule has 1 aromatic rings. The summed E-state index contributed by atoms with van der Waals surface area (Å²) in [4.78, 5) is 57.7. The number of nitrogens with zero attached hydrogens (tertiary/aromatic N) is 3. The fourth-order valence-corrected chi connectivity index (χ4v) is 5.80. The van der Waals surface area contributed by atoms with Crippen molar-refractivity contribution in [2.75, 3.05) is 18.9 Å². The van der Waals surface area contributed by atoms with Crippen LogP contribution in [0.25, 0.3) is 0 Å². The first-order chi connectivity index (χ1) is 17.0. The van der Waals surface area contributed by atoms with Crippen LogP contribution in [-0.2, 0) is 36.4 Å². The number of nitrogens with two attached hydrogens (primary N) is 1. The standard InChI is InChI=1S/C16H25N4O14P3/c1-10(2)19-32-12-7-14(20-8-11(5-3-4-6-21)15(17)18-16(20)22)31-13(12)9-30-36(26,27)34-37(28,29)33-35(23,24)25/h8,12-14,21H,4,6-7,9H2,1-2H3,(H,26,27)(H,28,29)(H2,17,18,22)(H2,23,24,25)/t12-,13?,14-/m1/s1. The van der Waals surface area contributed by atoms with Gasteiger partial charge in [0.15, 0.2) is 6.10 Å². The van der Waals surface area contributed by atoms with Gasteiger partial charge >= 0.3 is 29.2 Å². The van der Waals surface area contributed by atoms with Crippen LogP contribution >= 0.6 is 23.5 Å². The van der Waals surface area contributed by atoms with E-state index in [-0.39, 0.29) is 30.8 Å². The minimum Gasteiger partial charge on any atom is -0.395 e. The van der Waals surface area contributed by atoms with Crippen molar-refractivity contribution in [2.24, 2.45) is 5.16 Å². The molecule has 7 N–H and O–H groups in total. The van der Waals surface area contributed by atoms with E-state index < -0.39 is 54.2 Å². The average Bonchev–Trinajstić information content (AvgIpc) is 3.12. The average molecular weight is 590 g/mol. The van der Waals surface area contributed by atoms with Crippen LogP contribution in [0.3, 0.4) is 0 Å². The maximum absolute atomic E-state index is 12.4. The number of ether oxygens (including phenoxy) is 1. The monoisotopic (exact) mass is 590 g/mol. The molecule has 0 amide bonds. The molecule has 0 aromatic carbocycles. The minimum absolute atomic E-state index is 0.0593. The number of aliphatic hydroxyl groups is 1. The molecule has 1 saturated heterocycles. The second-order valence-electron chi connectivity index (χ2n) is 7.44. The van der Waals surface area contributed by atoms with E-state index in [2.05, 4.69) is 35.1 Å². The molecule has 21 heteroatoms. The molecule has 2 rings (SSSR count). The molecule has 1 aliphatic rings. The third-order valence-corrected chi connectivity index (χ3v) is 7.92. The molecule has 0 bridgehead atoms. The number of nitrogen functional groups attached to an aromatic ring is 1. The van der Waals surface area contributed by atoms with Crippen LogP contribution in [0.2, 0.25) is 0 Å². The molecule has 1 aliphatic heterocycles. The number of hydrogen-bond acceptors (Lipinski definition) is 13. The second kappa shape index (κ2) is 12.7. The van der Waals surface area contributed by atoms with Crippen LogP contribution in [0.1, 0.15) is 38.5 Å². The lowest BCUT2D eigenvalue weighted by Gasteiger charge is -2.20. The van der Waals surface area contributed by atoms with Crippen molar-refractivity contribution in [1.29, 1.82) is 0 Å². The van der Waals surface area contributed by atoms with Crippen molar-refractivity contribution in [3.8, 4) is 11.8 Å². The van der Waals surface area contributed by atoms with Gasteiger partial charge in [-0.15, -0.1) is 0 Å². The summed E-state index contributed by atoms with van der Waals surface area (Å²) in [6.45, 7) is 2.20. The Morgan fingerprint density at radius 1 is 1.24 bits per heavy atom. The van der Waals surface area contributed by atoms with E-state index in [0.717, 1.165) is 4.57 Å². The summed E-state index contributed by atoms with van der Waals surface area (Å²) in [5.41, 5.74) is 5.55. The van der Waals surface area contributed by atoms with E-state index in [1.807, 2.05) is 0 Å². The van der Waals surface area contributed by atoms with E-state index in [0.29, 0.717) is 5.71 Å². The zero-order valence-electron chi connectivity index (χ0n) is 19.3. The topological polar surface area (TPSA) is 272 Å². The van der Waals surface area contributed by atoms with E-state index in [4.69, 9.17) is 30.2 Å². The first kappa shape index (κ1) is 31.3. The Kier molecular flexibility index (Phi) is 10.8. The van der Waals surface area contributed by atoms with E-state index in [9.17, 15) is 28.3 Å². The molecule has 1 fully saturated rings. The number of aromatic nitrogens is 2. The van der Waals surface area contributed by atoms with Gasteiger partial charge in [-0.1, -0.05) is 17.0 Å². The molecular weight excluding hydrogens is 565 g/mol. The fourth-order valence-electron chi connectivity index (χ4n) is 2.77. The predicted molar refractivity (Wildman–Crippen MR) is 123 cm³/mol. The van der Waals surface area contributed by atoms with Gasteiger partial charge in [-0.3, -0.25) is 9.09 Å². The summed E-state index contributed by atoms with van der Waals surface area (Å²) in [5, 5.41) is 12.7. The largest absolute Gasteiger partial charge is 0.490 e. The molecule has 37 heavy (non-hydrogen) atoms. The lowest BCUT2D eigenvalue weighted by atomic mass is 10.2. The maximum Gasteiger partial charge on any atom is 0.490 e. The summed E-state index contributed by atoms with van der Waals surface area (Å²) >= 11 is 0.